The molecule has 4 nitrogen and oxygen atoms in total. The Labute approximate surface area is 182 Å². The van der Waals surface area contributed by atoms with Crippen molar-refractivity contribution in [1.82, 2.24) is 15.1 Å². The Hall–Kier alpha value is -2.41. The first kappa shape index (κ1) is 19.9. The number of benzene rings is 2. The minimum absolute atomic E-state index is 0.0394. The van der Waals surface area contributed by atoms with Gasteiger partial charge in [-0.1, -0.05) is 78.0 Å². The highest BCUT2D eigenvalue weighted by molar-refractivity contribution is 8.00. The molecule has 29 heavy (non-hydrogen) atoms. The van der Waals surface area contributed by atoms with Gasteiger partial charge >= 0.3 is 0 Å². The summed E-state index contributed by atoms with van der Waals surface area (Å²) in [6, 6.07) is 21.9. The SMILES string of the molecule is CN(Cc1ccc(Cl)s1)C(=O)CSc1nnc(-c2ccccc2)c2ccccc12. The van der Waals surface area contributed by atoms with E-state index < -0.39 is 0 Å². The molecule has 0 aliphatic rings. The van der Waals surface area contributed by atoms with Crippen molar-refractivity contribution < 1.29 is 4.79 Å². The molecule has 1 amide bonds. The number of carbonyl (C=O) groups excluding carboxylic acids is 1. The van der Waals surface area contributed by atoms with Crippen LogP contribution in [0.15, 0.2) is 71.8 Å². The van der Waals surface area contributed by atoms with Crippen LogP contribution in [0.5, 0.6) is 0 Å². The fourth-order valence-corrected chi connectivity index (χ4v) is 5.05. The predicted molar refractivity (Wildman–Crippen MR) is 122 cm³/mol. The summed E-state index contributed by atoms with van der Waals surface area (Å²) in [5.41, 5.74) is 1.88. The van der Waals surface area contributed by atoms with Crippen LogP contribution in [0.2, 0.25) is 4.34 Å². The second-order valence-corrected chi connectivity index (χ2v) is 9.27. The first-order chi connectivity index (χ1) is 14.1. The number of halogens is 1. The molecule has 0 unspecified atom stereocenters. The largest absolute Gasteiger partial charge is 0.340 e. The van der Waals surface area contributed by atoms with Gasteiger partial charge in [-0.3, -0.25) is 4.79 Å². The molecule has 2 heterocycles. The van der Waals surface area contributed by atoms with Crippen molar-refractivity contribution in [3.63, 3.8) is 0 Å². The molecule has 0 bridgehead atoms. The predicted octanol–water partition coefficient (Wildman–Crippen LogP) is 5.76. The quantitative estimate of drug-likeness (QED) is 0.358. The van der Waals surface area contributed by atoms with Gasteiger partial charge in [0.05, 0.1) is 16.6 Å². The highest BCUT2D eigenvalue weighted by Gasteiger charge is 2.15. The van der Waals surface area contributed by atoms with Crippen LogP contribution in [-0.4, -0.2) is 33.8 Å². The Morgan fingerprint density at radius 2 is 1.72 bits per heavy atom. The summed E-state index contributed by atoms with van der Waals surface area (Å²) in [5, 5.41) is 11.7. The number of aromatic nitrogens is 2. The topological polar surface area (TPSA) is 46.1 Å². The average molecular weight is 440 g/mol. The van der Waals surface area contributed by atoms with Crippen LogP contribution in [0, 0.1) is 0 Å². The van der Waals surface area contributed by atoms with Gasteiger partial charge in [0.25, 0.3) is 0 Å². The van der Waals surface area contributed by atoms with Crippen molar-refractivity contribution in [2.45, 2.75) is 11.6 Å². The molecule has 0 atom stereocenters. The Bertz CT molecular complexity index is 1150. The third kappa shape index (κ3) is 4.61. The number of thiophene rings is 1. The van der Waals surface area contributed by atoms with E-state index in [4.69, 9.17) is 11.6 Å². The van der Waals surface area contributed by atoms with Gasteiger partial charge in [-0.2, -0.15) is 0 Å². The van der Waals surface area contributed by atoms with Crippen molar-refractivity contribution >= 4 is 51.4 Å². The van der Waals surface area contributed by atoms with E-state index in [0.29, 0.717) is 12.3 Å². The summed E-state index contributed by atoms with van der Waals surface area (Å²) in [6.07, 6.45) is 0. The summed E-state index contributed by atoms with van der Waals surface area (Å²) in [6.45, 7) is 0.552. The number of carbonyl (C=O) groups is 1. The zero-order valence-corrected chi connectivity index (χ0v) is 18.1. The minimum Gasteiger partial charge on any atom is -0.340 e. The molecule has 0 aliphatic heterocycles. The Morgan fingerprint density at radius 3 is 2.45 bits per heavy atom. The summed E-state index contributed by atoms with van der Waals surface area (Å²) >= 11 is 8.88. The summed E-state index contributed by atoms with van der Waals surface area (Å²) in [5.74, 6) is 0.344. The van der Waals surface area contributed by atoms with E-state index in [-0.39, 0.29) is 5.91 Å². The van der Waals surface area contributed by atoms with Crippen molar-refractivity contribution in [3.8, 4) is 11.3 Å². The van der Waals surface area contributed by atoms with E-state index in [1.807, 2.05) is 66.7 Å². The molecule has 146 valence electrons. The first-order valence-corrected chi connectivity index (χ1v) is 11.2. The molecule has 0 saturated heterocycles. The second kappa shape index (κ2) is 8.95. The van der Waals surface area contributed by atoms with Crippen LogP contribution in [0.4, 0.5) is 0 Å². The lowest BCUT2D eigenvalue weighted by Gasteiger charge is -2.16. The molecular weight excluding hydrogens is 422 g/mol. The van der Waals surface area contributed by atoms with E-state index in [0.717, 1.165) is 36.3 Å². The lowest BCUT2D eigenvalue weighted by Crippen LogP contribution is -2.27. The minimum atomic E-state index is 0.0394. The van der Waals surface area contributed by atoms with E-state index >= 15 is 0 Å². The summed E-state index contributed by atoms with van der Waals surface area (Å²) < 4.78 is 0.732. The van der Waals surface area contributed by atoms with Crippen LogP contribution < -0.4 is 0 Å². The zero-order chi connectivity index (χ0) is 20.2. The highest BCUT2D eigenvalue weighted by Crippen LogP contribution is 2.31. The standard InChI is InChI=1S/C22H18ClN3OS2/c1-26(13-16-11-12-19(23)29-16)20(27)14-28-22-18-10-6-5-9-17(18)21(24-25-22)15-7-3-2-4-8-15/h2-12H,13-14H2,1H3. The van der Waals surface area contributed by atoms with Crippen LogP contribution in [0.25, 0.3) is 22.0 Å². The summed E-state index contributed by atoms with van der Waals surface area (Å²) in [4.78, 5) is 15.4. The van der Waals surface area contributed by atoms with E-state index in [1.54, 1.807) is 11.9 Å². The van der Waals surface area contributed by atoms with Crippen molar-refractivity contribution in [2.75, 3.05) is 12.8 Å². The van der Waals surface area contributed by atoms with E-state index in [9.17, 15) is 4.79 Å². The van der Waals surface area contributed by atoms with Crippen LogP contribution in [-0.2, 0) is 11.3 Å². The molecule has 2 aromatic heterocycles. The smallest absolute Gasteiger partial charge is 0.233 e. The van der Waals surface area contributed by atoms with Gasteiger partial charge in [-0.25, -0.2) is 0 Å². The van der Waals surface area contributed by atoms with E-state index in [1.165, 1.54) is 23.1 Å². The third-order valence-corrected chi connectivity index (χ3v) is 6.66. The third-order valence-electron chi connectivity index (χ3n) is 4.48. The average Bonchev–Trinajstić information content (AvgIpc) is 3.16. The lowest BCUT2D eigenvalue weighted by atomic mass is 10.1. The highest BCUT2D eigenvalue weighted by atomic mass is 35.5. The molecule has 0 radical (unpaired) electrons. The molecule has 7 heteroatoms. The number of hydrogen-bond acceptors (Lipinski definition) is 5. The van der Waals surface area contributed by atoms with Gasteiger partial charge < -0.3 is 4.90 Å². The first-order valence-electron chi connectivity index (χ1n) is 9.03. The molecular formula is C22H18ClN3OS2. The molecule has 2 aromatic carbocycles. The van der Waals surface area contributed by atoms with Crippen molar-refractivity contribution in [1.29, 1.82) is 0 Å². The van der Waals surface area contributed by atoms with Gasteiger partial charge in [-0.05, 0) is 12.1 Å². The van der Waals surface area contributed by atoms with Crippen LogP contribution >= 0.6 is 34.7 Å². The molecule has 4 rings (SSSR count). The molecule has 0 N–H and O–H groups in total. The van der Waals surface area contributed by atoms with Gasteiger partial charge in [0, 0.05) is 28.3 Å². The Morgan fingerprint density at radius 1 is 1.00 bits per heavy atom. The Kier molecular flexibility index (Phi) is 6.13. The maximum absolute atomic E-state index is 12.6. The molecule has 0 spiro atoms. The van der Waals surface area contributed by atoms with Gasteiger partial charge in [0.1, 0.15) is 10.7 Å². The molecule has 0 fully saturated rings. The van der Waals surface area contributed by atoms with Gasteiger partial charge in [0.15, 0.2) is 0 Å². The van der Waals surface area contributed by atoms with Crippen LogP contribution in [0.1, 0.15) is 4.88 Å². The van der Waals surface area contributed by atoms with Gasteiger partial charge in [-0.15, -0.1) is 21.5 Å². The lowest BCUT2D eigenvalue weighted by molar-refractivity contribution is -0.127. The monoisotopic (exact) mass is 439 g/mol. The number of nitrogens with zero attached hydrogens (tertiary/aromatic N) is 3. The number of hydrogen-bond donors (Lipinski definition) is 0. The van der Waals surface area contributed by atoms with E-state index in [2.05, 4.69) is 10.2 Å². The Balaban J connectivity index is 1.52. The maximum atomic E-state index is 12.6. The van der Waals surface area contributed by atoms with Crippen molar-refractivity contribution in [2.24, 2.45) is 0 Å². The number of fused-ring (bicyclic) bond motifs is 1. The molecule has 4 aromatic rings. The van der Waals surface area contributed by atoms with Crippen molar-refractivity contribution in [3.05, 3.63) is 75.9 Å². The van der Waals surface area contributed by atoms with Gasteiger partial charge in [0.2, 0.25) is 5.91 Å². The molecule has 0 aliphatic carbocycles. The number of amides is 1. The maximum Gasteiger partial charge on any atom is 0.233 e. The zero-order valence-electron chi connectivity index (χ0n) is 15.7. The second-order valence-electron chi connectivity index (χ2n) is 6.51. The number of rotatable bonds is 6. The number of thioether (sulfide) groups is 1. The fourth-order valence-electron chi connectivity index (χ4n) is 2.99. The summed E-state index contributed by atoms with van der Waals surface area (Å²) in [7, 11) is 1.80. The van der Waals surface area contributed by atoms with Crippen LogP contribution in [0.3, 0.4) is 0 Å². The fraction of sp³-hybridized carbons (Fsp3) is 0.136. The normalized spacial score (nSPS) is 11.0. The molecule has 0 saturated carbocycles.